The van der Waals surface area contributed by atoms with Gasteiger partial charge in [-0.05, 0) is 50.9 Å². The van der Waals surface area contributed by atoms with Gasteiger partial charge in [0.2, 0.25) is 0 Å². The molecule has 0 aromatic rings. The van der Waals surface area contributed by atoms with Crippen LogP contribution in [0.15, 0.2) is 25.3 Å². The maximum atomic E-state index is 11.3. The van der Waals surface area contributed by atoms with Crippen LogP contribution in [0, 0.1) is 0 Å². The second kappa shape index (κ2) is 11.6. The topological polar surface area (TPSA) is 52.6 Å². The Labute approximate surface area is 129 Å². The van der Waals surface area contributed by atoms with Crippen LogP contribution in [0.5, 0.6) is 0 Å². The zero-order valence-electron chi connectivity index (χ0n) is 13.4. The van der Waals surface area contributed by atoms with Gasteiger partial charge in [-0.2, -0.15) is 0 Å². The monoisotopic (exact) mass is 312 g/mol. The third kappa shape index (κ3) is 8.75. The van der Waals surface area contributed by atoms with Crippen LogP contribution in [0.1, 0.15) is 39.5 Å². The molecule has 120 valence electrons. The lowest BCUT2D eigenvalue weighted by atomic mass is 10.2. The largest absolute Gasteiger partial charge is 0.394 e. The molecule has 0 aromatic heterocycles. The van der Waals surface area contributed by atoms with Gasteiger partial charge in [-0.1, -0.05) is 13.2 Å². The Morgan fingerprint density at radius 1 is 0.905 bits per heavy atom. The molecule has 0 rings (SSSR count). The minimum atomic E-state index is -2.33. The van der Waals surface area contributed by atoms with E-state index in [0.29, 0.717) is 26.1 Å². The van der Waals surface area contributed by atoms with Crippen molar-refractivity contribution in [1.82, 2.24) is 0 Å². The first-order valence-electron chi connectivity index (χ1n) is 7.62. The molecule has 0 aliphatic rings. The minimum Gasteiger partial charge on any atom is -0.394 e. The van der Waals surface area contributed by atoms with Crippen molar-refractivity contribution < 1.29 is 18.4 Å². The Kier molecular flexibility index (Phi) is 11.0. The molecule has 0 heterocycles. The predicted molar refractivity (Wildman–Crippen MR) is 87.5 cm³/mol. The van der Waals surface area contributed by atoms with Crippen LogP contribution >= 0.6 is 0 Å². The highest BCUT2D eigenvalue weighted by Crippen LogP contribution is 2.25. The lowest BCUT2D eigenvalue weighted by molar-refractivity contribution is -0.115. The van der Waals surface area contributed by atoms with Crippen molar-refractivity contribution in [3.05, 3.63) is 25.3 Å². The lowest BCUT2D eigenvalue weighted by Crippen LogP contribution is -2.42. The fourth-order valence-electron chi connectivity index (χ4n) is 2.25. The Hall–Kier alpha value is -1.04. The summed E-state index contributed by atoms with van der Waals surface area (Å²) in [6, 6.07) is 1.55. The fraction of sp³-hybridized carbons (Fsp3) is 0.625. The molecule has 21 heavy (non-hydrogen) atoms. The molecule has 0 bridgehead atoms. The van der Waals surface area contributed by atoms with Gasteiger partial charge in [0.05, 0.1) is 0 Å². The molecule has 0 atom stereocenters. The summed E-state index contributed by atoms with van der Waals surface area (Å²) in [4.78, 5) is 22.6. The zero-order chi connectivity index (χ0) is 16.1. The number of ketones is 2. The van der Waals surface area contributed by atoms with Crippen molar-refractivity contribution >= 4 is 20.1 Å². The molecule has 0 saturated heterocycles. The molecule has 0 radical (unpaired) electrons. The summed E-state index contributed by atoms with van der Waals surface area (Å²) in [5.41, 5.74) is 0. The SMILES string of the molecule is C=CC(=O)CCC[Si](CCCC(=O)C=C)(OCC)OCC. The van der Waals surface area contributed by atoms with Gasteiger partial charge in [-0.25, -0.2) is 0 Å². The van der Waals surface area contributed by atoms with Crippen LogP contribution < -0.4 is 0 Å². The van der Waals surface area contributed by atoms with Gasteiger partial charge in [0, 0.05) is 26.1 Å². The number of allylic oxidation sites excluding steroid dienone is 2. The molecule has 5 heteroatoms. The fourth-order valence-corrected chi connectivity index (χ4v) is 5.64. The van der Waals surface area contributed by atoms with Crippen molar-refractivity contribution in [2.24, 2.45) is 0 Å². The normalized spacial score (nSPS) is 11.1. The van der Waals surface area contributed by atoms with Crippen LogP contribution in [0.4, 0.5) is 0 Å². The molecule has 0 spiro atoms. The molecule has 0 fully saturated rings. The Morgan fingerprint density at radius 2 is 1.29 bits per heavy atom. The van der Waals surface area contributed by atoms with E-state index in [4.69, 9.17) is 8.85 Å². The quantitative estimate of drug-likeness (QED) is 0.363. The van der Waals surface area contributed by atoms with E-state index in [1.807, 2.05) is 13.8 Å². The molecule has 0 aromatic carbocycles. The summed E-state index contributed by atoms with van der Waals surface area (Å²) >= 11 is 0. The molecule has 0 N–H and O–H groups in total. The van der Waals surface area contributed by atoms with Crippen molar-refractivity contribution in [3.8, 4) is 0 Å². The van der Waals surface area contributed by atoms with Crippen LogP contribution in [0.2, 0.25) is 12.1 Å². The van der Waals surface area contributed by atoms with E-state index in [0.717, 1.165) is 24.9 Å². The van der Waals surface area contributed by atoms with Crippen LogP contribution in [-0.2, 0) is 18.4 Å². The van der Waals surface area contributed by atoms with Gasteiger partial charge in [0.15, 0.2) is 11.6 Å². The van der Waals surface area contributed by atoms with Gasteiger partial charge in [0.1, 0.15) is 0 Å². The molecule has 0 aliphatic heterocycles. The summed E-state index contributed by atoms with van der Waals surface area (Å²) in [6.07, 6.45) is 5.15. The summed E-state index contributed by atoms with van der Waals surface area (Å²) in [7, 11) is -2.33. The number of hydrogen-bond acceptors (Lipinski definition) is 4. The van der Waals surface area contributed by atoms with E-state index in [-0.39, 0.29) is 11.6 Å². The average molecular weight is 312 g/mol. The standard InChI is InChI=1S/C16H28O4Si/c1-5-15(17)11-9-13-21(19-7-3,20-8-4)14-10-12-16(18)6-2/h5-6H,1-2,7-14H2,3-4H3. The molecule has 0 amide bonds. The highest BCUT2D eigenvalue weighted by molar-refractivity contribution is 6.67. The van der Waals surface area contributed by atoms with Gasteiger partial charge in [0.25, 0.3) is 0 Å². The first kappa shape index (κ1) is 20.0. The van der Waals surface area contributed by atoms with Gasteiger partial charge in [-0.3, -0.25) is 9.59 Å². The van der Waals surface area contributed by atoms with Crippen LogP contribution in [0.3, 0.4) is 0 Å². The van der Waals surface area contributed by atoms with Gasteiger partial charge in [-0.15, -0.1) is 0 Å². The van der Waals surface area contributed by atoms with E-state index in [1.165, 1.54) is 12.2 Å². The van der Waals surface area contributed by atoms with E-state index < -0.39 is 8.56 Å². The molecule has 0 aliphatic carbocycles. The third-order valence-electron chi connectivity index (χ3n) is 3.23. The van der Waals surface area contributed by atoms with Crippen molar-refractivity contribution in [1.29, 1.82) is 0 Å². The summed E-state index contributed by atoms with van der Waals surface area (Å²) < 4.78 is 11.9. The van der Waals surface area contributed by atoms with E-state index in [1.54, 1.807) is 0 Å². The minimum absolute atomic E-state index is 0.0488. The molecular weight excluding hydrogens is 284 g/mol. The second-order valence-electron chi connectivity index (χ2n) is 4.82. The predicted octanol–water partition coefficient (Wildman–Crippen LogP) is 3.57. The Morgan fingerprint density at radius 3 is 1.57 bits per heavy atom. The number of carbonyl (C=O) groups excluding carboxylic acids is 2. The lowest BCUT2D eigenvalue weighted by Gasteiger charge is -2.30. The Balaban J connectivity index is 4.56. The van der Waals surface area contributed by atoms with Gasteiger partial charge < -0.3 is 8.85 Å². The molecule has 0 saturated carbocycles. The number of rotatable bonds is 14. The van der Waals surface area contributed by atoms with Crippen LogP contribution in [0.25, 0.3) is 0 Å². The second-order valence-corrected chi connectivity index (χ2v) is 8.22. The van der Waals surface area contributed by atoms with E-state index >= 15 is 0 Å². The maximum Gasteiger partial charge on any atom is 0.338 e. The molecular formula is C16H28O4Si. The highest BCUT2D eigenvalue weighted by atomic mass is 28.4. The number of carbonyl (C=O) groups is 2. The smallest absolute Gasteiger partial charge is 0.338 e. The summed E-state index contributed by atoms with van der Waals surface area (Å²) in [6.45, 7) is 12.0. The Bertz CT molecular complexity index is 318. The van der Waals surface area contributed by atoms with Crippen molar-refractivity contribution in [2.45, 2.75) is 51.6 Å². The van der Waals surface area contributed by atoms with Crippen molar-refractivity contribution in [3.63, 3.8) is 0 Å². The molecule has 0 unspecified atom stereocenters. The first-order valence-corrected chi connectivity index (χ1v) is 9.85. The van der Waals surface area contributed by atoms with E-state index in [9.17, 15) is 9.59 Å². The average Bonchev–Trinajstić information content (AvgIpc) is 2.47. The zero-order valence-corrected chi connectivity index (χ0v) is 14.4. The van der Waals surface area contributed by atoms with Crippen LogP contribution in [-0.4, -0.2) is 33.3 Å². The number of hydrogen-bond donors (Lipinski definition) is 0. The first-order chi connectivity index (χ1) is 10.0. The van der Waals surface area contributed by atoms with Gasteiger partial charge >= 0.3 is 8.56 Å². The summed E-state index contributed by atoms with van der Waals surface area (Å²) in [5, 5.41) is 0. The summed E-state index contributed by atoms with van der Waals surface area (Å²) in [5.74, 6) is 0.0977. The maximum absolute atomic E-state index is 11.3. The third-order valence-corrected chi connectivity index (χ3v) is 7.09. The van der Waals surface area contributed by atoms with Crippen molar-refractivity contribution in [2.75, 3.05) is 13.2 Å². The molecule has 4 nitrogen and oxygen atoms in total. The van der Waals surface area contributed by atoms with E-state index in [2.05, 4.69) is 13.2 Å². The highest BCUT2D eigenvalue weighted by Gasteiger charge is 2.36.